The molecule has 0 saturated heterocycles. The Morgan fingerprint density at radius 2 is 0.938 bits per heavy atom. The number of nitrogens with zero attached hydrogens (tertiary/aromatic N) is 1. The van der Waals surface area contributed by atoms with Crippen molar-refractivity contribution in [3.8, 4) is 39.1 Å². The molecule has 0 saturated carbocycles. The molecule has 2 aromatic heterocycles. The molecule has 64 heavy (non-hydrogen) atoms. The first kappa shape index (κ1) is 35.8. The molecular weight excluding hydrogens is 791 g/mol. The molecule has 0 fully saturated rings. The second kappa shape index (κ2) is 13.6. The lowest BCUT2D eigenvalue weighted by atomic mass is 9.65. The van der Waals surface area contributed by atoms with Crippen LogP contribution in [-0.4, -0.2) is 4.57 Å². The van der Waals surface area contributed by atoms with E-state index >= 15 is 0 Å². The molecule has 1 spiro atoms. The molecule has 0 N–H and O–H groups in total. The van der Waals surface area contributed by atoms with Crippen molar-refractivity contribution in [2.24, 2.45) is 0 Å². The van der Waals surface area contributed by atoms with Gasteiger partial charge in [-0.25, -0.2) is 0 Å². The SMILES string of the molecule is c1ccc(-c2ccc(C(c3ccc(-c4cccc5c4sc4ccccc45)cc3)c3ccc4c(c3)C3(c5ccccc5-4)c4ccccc4-n4c5ccccc5c5cccc3c54)cc2)cc1. The highest BCUT2D eigenvalue weighted by Crippen LogP contribution is 2.61. The topological polar surface area (TPSA) is 4.93 Å². The first-order chi connectivity index (χ1) is 31.8. The van der Waals surface area contributed by atoms with E-state index in [1.165, 1.54) is 120 Å². The molecule has 12 aromatic rings. The number of hydrogen-bond donors (Lipinski definition) is 0. The lowest BCUT2D eigenvalue weighted by Gasteiger charge is -2.39. The summed E-state index contributed by atoms with van der Waals surface area (Å²) in [6.45, 7) is 0. The van der Waals surface area contributed by atoms with Gasteiger partial charge in [-0.05, 0) is 90.5 Å². The second-order valence-corrected chi connectivity index (χ2v) is 18.5. The summed E-state index contributed by atoms with van der Waals surface area (Å²) >= 11 is 1.89. The van der Waals surface area contributed by atoms with Gasteiger partial charge in [0.15, 0.2) is 0 Å². The van der Waals surface area contributed by atoms with Crippen LogP contribution in [-0.2, 0) is 5.41 Å². The van der Waals surface area contributed by atoms with Gasteiger partial charge in [0, 0.05) is 36.9 Å². The van der Waals surface area contributed by atoms with Crippen molar-refractivity contribution >= 4 is 53.3 Å². The van der Waals surface area contributed by atoms with Gasteiger partial charge in [-0.1, -0.05) is 212 Å². The van der Waals surface area contributed by atoms with Gasteiger partial charge in [0.05, 0.1) is 22.1 Å². The second-order valence-electron chi connectivity index (χ2n) is 17.5. The number of fused-ring (bicyclic) bond motifs is 15. The third-order valence-electron chi connectivity index (χ3n) is 14.4. The average molecular weight is 830 g/mol. The Morgan fingerprint density at radius 1 is 0.359 bits per heavy atom. The Balaban J connectivity index is 0.996. The fourth-order valence-corrected chi connectivity index (χ4v) is 12.9. The van der Waals surface area contributed by atoms with Gasteiger partial charge < -0.3 is 4.57 Å². The number of rotatable bonds is 5. The van der Waals surface area contributed by atoms with Crippen molar-refractivity contribution in [1.29, 1.82) is 0 Å². The molecule has 14 rings (SSSR count). The zero-order valence-corrected chi connectivity index (χ0v) is 35.7. The van der Waals surface area contributed by atoms with Crippen LogP contribution in [0, 0.1) is 0 Å². The summed E-state index contributed by atoms with van der Waals surface area (Å²) < 4.78 is 5.20. The van der Waals surface area contributed by atoms with Crippen molar-refractivity contribution in [3.05, 3.63) is 269 Å². The first-order valence-electron chi connectivity index (χ1n) is 22.3. The third-order valence-corrected chi connectivity index (χ3v) is 15.6. The minimum atomic E-state index is -0.517. The van der Waals surface area contributed by atoms with Crippen LogP contribution in [0.3, 0.4) is 0 Å². The Morgan fingerprint density at radius 3 is 1.78 bits per heavy atom. The quantitative estimate of drug-likeness (QED) is 0.152. The van der Waals surface area contributed by atoms with E-state index < -0.39 is 5.41 Å². The minimum absolute atomic E-state index is 0.00821. The van der Waals surface area contributed by atoms with Crippen LogP contribution in [0.2, 0.25) is 0 Å². The largest absolute Gasteiger partial charge is 0.309 e. The van der Waals surface area contributed by atoms with E-state index in [1.54, 1.807) is 0 Å². The average Bonchev–Trinajstić information content (AvgIpc) is 4.01. The van der Waals surface area contributed by atoms with Gasteiger partial charge in [0.2, 0.25) is 0 Å². The molecule has 1 aliphatic heterocycles. The molecule has 2 heteroatoms. The molecule has 298 valence electrons. The van der Waals surface area contributed by atoms with Crippen LogP contribution < -0.4 is 0 Å². The summed E-state index contributed by atoms with van der Waals surface area (Å²) in [6.07, 6.45) is 0. The van der Waals surface area contributed by atoms with Crippen LogP contribution in [0.25, 0.3) is 81.0 Å². The maximum Gasteiger partial charge on any atom is 0.0754 e. The van der Waals surface area contributed by atoms with Crippen molar-refractivity contribution in [2.45, 2.75) is 11.3 Å². The van der Waals surface area contributed by atoms with Crippen molar-refractivity contribution in [1.82, 2.24) is 4.57 Å². The van der Waals surface area contributed by atoms with Crippen molar-refractivity contribution < 1.29 is 0 Å². The lowest BCUT2D eigenvalue weighted by Crippen LogP contribution is -2.33. The number of thiophene rings is 1. The first-order valence-corrected chi connectivity index (χ1v) is 23.1. The fourth-order valence-electron chi connectivity index (χ4n) is 11.7. The maximum absolute atomic E-state index is 2.57. The van der Waals surface area contributed by atoms with E-state index in [0.29, 0.717) is 0 Å². The fraction of sp³-hybridized carbons (Fsp3) is 0.0323. The summed E-state index contributed by atoms with van der Waals surface area (Å²) in [6, 6.07) is 86.7. The molecule has 1 nitrogen and oxygen atoms in total. The highest BCUT2D eigenvalue weighted by Gasteiger charge is 2.51. The number of benzene rings is 10. The zero-order chi connectivity index (χ0) is 41.9. The Kier molecular flexibility index (Phi) is 7.61. The molecule has 0 radical (unpaired) electrons. The Bertz CT molecular complexity index is 3830. The van der Waals surface area contributed by atoms with Crippen molar-refractivity contribution in [2.75, 3.05) is 0 Å². The maximum atomic E-state index is 2.57. The molecule has 10 aromatic carbocycles. The van der Waals surface area contributed by atoms with Crippen LogP contribution in [0.5, 0.6) is 0 Å². The molecule has 2 atom stereocenters. The Hall–Kier alpha value is -7.78. The predicted molar refractivity (Wildman–Crippen MR) is 269 cm³/mol. The zero-order valence-electron chi connectivity index (χ0n) is 34.9. The van der Waals surface area contributed by atoms with Crippen LogP contribution >= 0.6 is 11.3 Å². The van der Waals surface area contributed by atoms with E-state index in [4.69, 9.17) is 0 Å². The number of para-hydroxylation sites is 3. The normalized spacial score (nSPS) is 15.2. The van der Waals surface area contributed by atoms with Gasteiger partial charge >= 0.3 is 0 Å². The van der Waals surface area contributed by atoms with Crippen molar-refractivity contribution in [3.63, 3.8) is 0 Å². The summed E-state index contributed by atoms with van der Waals surface area (Å²) in [5.74, 6) is -0.00821. The molecule has 0 amide bonds. The highest BCUT2D eigenvalue weighted by atomic mass is 32.1. The number of hydrogen-bond acceptors (Lipinski definition) is 1. The van der Waals surface area contributed by atoms with E-state index in [9.17, 15) is 0 Å². The third kappa shape index (κ3) is 4.89. The van der Waals surface area contributed by atoms with E-state index in [2.05, 4.69) is 235 Å². The summed E-state index contributed by atoms with van der Waals surface area (Å²) in [7, 11) is 0. The van der Waals surface area contributed by atoms with Crippen LogP contribution in [0.15, 0.2) is 231 Å². The summed E-state index contributed by atoms with van der Waals surface area (Å²) in [4.78, 5) is 0. The van der Waals surface area contributed by atoms with Gasteiger partial charge in [0.25, 0.3) is 0 Å². The van der Waals surface area contributed by atoms with Gasteiger partial charge in [-0.3, -0.25) is 0 Å². The van der Waals surface area contributed by atoms with Gasteiger partial charge in [-0.2, -0.15) is 0 Å². The summed E-state index contributed by atoms with van der Waals surface area (Å²) in [5, 5.41) is 5.24. The lowest BCUT2D eigenvalue weighted by molar-refractivity contribution is 0.746. The van der Waals surface area contributed by atoms with Gasteiger partial charge in [0.1, 0.15) is 0 Å². The highest BCUT2D eigenvalue weighted by molar-refractivity contribution is 7.26. The molecule has 2 unspecified atom stereocenters. The van der Waals surface area contributed by atoms with Crippen LogP contribution in [0.1, 0.15) is 44.9 Å². The van der Waals surface area contributed by atoms with Crippen LogP contribution in [0.4, 0.5) is 0 Å². The van der Waals surface area contributed by atoms with Gasteiger partial charge in [-0.15, -0.1) is 11.3 Å². The summed E-state index contributed by atoms with van der Waals surface area (Å²) in [5.41, 5.74) is 20.1. The smallest absolute Gasteiger partial charge is 0.0754 e. The molecule has 3 heterocycles. The Labute approximate surface area is 375 Å². The number of aromatic nitrogens is 1. The molecule has 1 aliphatic carbocycles. The monoisotopic (exact) mass is 829 g/mol. The van der Waals surface area contributed by atoms with E-state index in [1.807, 2.05) is 11.3 Å². The standard InChI is InChI=1S/C62H39NS/c1-2-14-39(15-3-1)40-28-32-42(33-29-40)59(43-34-30-41(31-35-43)45-19-12-21-51-49-18-6-11-27-58(49)64-61(45)51)44-36-37-47-46-16-4-7-22-52(46)62(55(47)38-44)53-23-8-10-26-57(53)63-56-25-9-5-17-48(56)50-20-13-24-54(62)60(50)63/h1-38,59H. The molecule has 0 bridgehead atoms. The minimum Gasteiger partial charge on any atom is -0.309 e. The van der Waals surface area contributed by atoms with E-state index in [-0.39, 0.29) is 5.92 Å². The molecule has 2 aliphatic rings. The molecular formula is C62H39NS. The van der Waals surface area contributed by atoms with E-state index in [0.717, 1.165) is 0 Å². The predicted octanol–water partition coefficient (Wildman–Crippen LogP) is 16.3.